The molecule has 2 N–H and O–H groups in total. The van der Waals surface area contributed by atoms with E-state index in [1.807, 2.05) is 0 Å². The highest BCUT2D eigenvalue weighted by atomic mass is 16.2. The second-order valence-electron chi connectivity index (χ2n) is 12.6. The Kier molecular flexibility index (Phi) is 10.5. The largest absolute Gasteiger partial charge is 0.299 e. The van der Waals surface area contributed by atoms with Crippen molar-refractivity contribution in [2.24, 2.45) is 10.2 Å². The first-order chi connectivity index (χ1) is 25.0. The highest BCUT2D eigenvalue weighted by molar-refractivity contribution is 6.23. The van der Waals surface area contributed by atoms with Gasteiger partial charge in [-0.25, -0.2) is 0 Å². The number of hydrogen-bond acceptors (Lipinski definition) is 10. The lowest BCUT2D eigenvalue weighted by atomic mass is 9.99. The average Bonchev–Trinajstić information content (AvgIpc) is 3.59. The van der Waals surface area contributed by atoms with Crippen LogP contribution >= 0.6 is 0 Å². The Morgan fingerprint density at radius 2 is 0.808 bits per heavy atom. The van der Waals surface area contributed by atoms with Crippen LogP contribution in [0.2, 0.25) is 0 Å². The van der Waals surface area contributed by atoms with Crippen molar-refractivity contribution < 1.29 is 38.4 Å². The zero-order chi connectivity index (χ0) is 36.8. The minimum Gasteiger partial charge on any atom is -0.299 e. The first-order valence-corrected chi connectivity index (χ1v) is 16.7. The van der Waals surface area contributed by atoms with E-state index in [2.05, 4.69) is 20.9 Å². The van der Waals surface area contributed by atoms with Crippen LogP contribution in [0, 0.1) is 0 Å². The van der Waals surface area contributed by atoms with Crippen molar-refractivity contribution in [2.45, 2.75) is 51.4 Å². The van der Waals surface area contributed by atoms with Crippen LogP contribution in [-0.4, -0.2) is 46.8 Å². The van der Waals surface area contributed by atoms with E-state index in [0.717, 1.165) is 11.1 Å². The SMILES string of the molecule is O=C(CCCC(=O)c1ccc2c(c1)C(=O)NC2=O)Cc1ccc(N=Nc2ccc(CC(=O)CCCC(=O)c3ccc4c(c3)C(=O)NC4=O)cc2)cc1. The second-order valence-corrected chi connectivity index (χ2v) is 12.6. The van der Waals surface area contributed by atoms with Crippen LogP contribution in [0.25, 0.3) is 0 Å². The quantitative estimate of drug-likeness (QED) is 0.0788. The summed E-state index contributed by atoms with van der Waals surface area (Å²) in [5.41, 5.74) is 4.33. The molecule has 12 nitrogen and oxygen atoms in total. The lowest BCUT2D eigenvalue weighted by molar-refractivity contribution is -0.119. The number of azo groups is 1. The summed E-state index contributed by atoms with van der Waals surface area (Å²) in [6.07, 6.45) is 1.89. The second kappa shape index (κ2) is 15.5. The summed E-state index contributed by atoms with van der Waals surface area (Å²) in [4.78, 5) is 97.3. The van der Waals surface area contributed by atoms with Crippen LogP contribution in [0.3, 0.4) is 0 Å². The van der Waals surface area contributed by atoms with E-state index in [1.165, 1.54) is 36.4 Å². The summed E-state index contributed by atoms with van der Waals surface area (Å²) in [6.45, 7) is 0. The van der Waals surface area contributed by atoms with E-state index in [0.29, 0.717) is 35.3 Å². The van der Waals surface area contributed by atoms with Crippen LogP contribution in [0.4, 0.5) is 11.4 Å². The molecule has 52 heavy (non-hydrogen) atoms. The third-order valence-corrected chi connectivity index (χ3v) is 8.79. The number of carbonyl (C=O) groups excluding carboxylic acids is 8. The smallest absolute Gasteiger partial charge is 0.258 e. The Morgan fingerprint density at radius 3 is 1.19 bits per heavy atom. The molecule has 0 atom stereocenters. The van der Waals surface area contributed by atoms with E-state index >= 15 is 0 Å². The van der Waals surface area contributed by atoms with Gasteiger partial charge in [0, 0.05) is 49.7 Å². The minimum absolute atomic E-state index is 0.0145. The van der Waals surface area contributed by atoms with Crippen molar-refractivity contribution in [3.8, 4) is 0 Å². The number of ketones is 4. The third kappa shape index (κ3) is 8.41. The Bertz CT molecular complexity index is 2030. The van der Waals surface area contributed by atoms with Crippen LogP contribution in [-0.2, 0) is 22.4 Å². The Morgan fingerprint density at radius 1 is 0.442 bits per heavy atom. The molecule has 2 aliphatic rings. The van der Waals surface area contributed by atoms with Crippen LogP contribution in [0.1, 0.15) is 112 Å². The number of carbonyl (C=O) groups is 8. The number of rotatable bonds is 16. The van der Waals surface area contributed by atoms with Gasteiger partial charge in [0.15, 0.2) is 11.6 Å². The molecule has 0 aromatic heterocycles. The summed E-state index contributed by atoms with van der Waals surface area (Å²) in [5, 5.41) is 12.9. The van der Waals surface area contributed by atoms with E-state index in [9.17, 15) is 38.4 Å². The number of benzene rings is 4. The third-order valence-electron chi connectivity index (χ3n) is 8.79. The van der Waals surface area contributed by atoms with Gasteiger partial charge in [-0.15, -0.1) is 0 Å². The average molecular weight is 697 g/mol. The summed E-state index contributed by atoms with van der Waals surface area (Å²) in [6, 6.07) is 23.0. The van der Waals surface area contributed by atoms with E-state index in [4.69, 9.17) is 0 Å². The van der Waals surface area contributed by atoms with Crippen LogP contribution in [0.15, 0.2) is 95.2 Å². The van der Waals surface area contributed by atoms with Gasteiger partial charge in [0.1, 0.15) is 11.6 Å². The normalized spacial score (nSPS) is 13.2. The van der Waals surface area contributed by atoms with Gasteiger partial charge in [-0.05, 0) is 72.5 Å². The molecule has 4 aromatic carbocycles. The fourth-order valence-corrected chi connectivity index (χ4v) is 5.97. The molecular weight excluding hydrogens is 664 g/mol. The van der Waals surface area contributed by atoms with E-state index < -0.39 is 23.6 Å². The van der Waals surface area contributed by atoms with Gasteiger partial charge in [-0.2, -0.15) is 10.2 Å². The maximum atomic E-state index is 12.6. The van der Waals surface area contributed by atoms with Gasteiger partial charge >= 0.3 is 0 Å². The standard InChI is InChI=1S/C40H32N4O8/c45-29(3-1-5-35(47)25-11-17-31-33(21-25)39(51)41-37(31)49)19-23-7-13-27(14-8-23)43-44-28-15-9-24(10-16-28)20-30(46)4-2-6-36(48)26-12-18-32-34(22-26)40(52)42-38(32)50/h7-18,21-22H,1-6,19-20H2,(H,41,49,51)(H,42,50,52). The lowest BCUT2D eigenvalue weighted by Gasteiger charge is -2.04. The molecule has 260 valence electrons. The predicted octanol–water partition coefficient (Wildman–Crippen LogP) is 6.20. The molecule has 0 unspecified atom stereocenters. The summed E-state index contributed by atoms with van der Waals surface area (Å²) >= 11 is 0. The Balaban J connectivity index is 0.894. The zero-order valence-corrected chi connectivity index (χ0v) is 27.9. The lowest BCUT2D eigenvalue weighted by Crippen LogP contribution is -2.19. The van der Waals surface area contributed by atoms with Gasteiger partial charge in [-0.1, -0.05) is 36.4 Å². The molecule has 4 aromatic rings. The molecule has 0 fully saturated rings. The topological polar surface area (TPSA) is 185 Å². The van der Waals surface area contributed by atoms with E-state index in [1.54, 1.807) is 48.5 Å². The van der Waals surface area contributed by atoms with E-state index in [-0.39, 0.29) is 83.9 Å². The predicted molar refractivity (Wildman–Crippen MR) is 187 cm³/mol. The molecule has 0 spiro atoms. The van der Waals surface area contributed by atoms with Crippen molar-refractivity contribution >= 4 is 58.1 Å². The fraction of sp³-hybridized carbons (Fsp3) is 0.200. The first-order valence-electron chi connectivity index (χ1n) is 16.7. The molecule has 4 amide bonds. The van der Waals surface area contributed by atoms with Crippen molar-refractivity contribution in [2.75, 3.05) is 0 Å². The molecule has 2 aliphatic heterocycles. The molecular formula is C40H32N4O8. The molecule has 2 heterocycles. The van der Waals surface area contributed by atoms with Crippen molar-refractivity contribution in [3.05, 3.63) is 129 Å². The summed E-state index contributed by atoms with van der Waals surface area (Å²) < 4.78 is 0. The maximum absolute atomic E-state index is 12.6. The number of hydrogen-bond donors (Lipinski definition) is 2. The van der Waals surface area contributed by atoms with Crippen molar-refractivity contribution in [1.29, 1.82) is 0 Å². The molecule has 0 saturated heterocycles. The Labute approximate surface area is 297 Å². The molecule has 12 heteroatoms. The van der Waals surface area contributed by atoms with Gasteiger partial charge in [0.05, 0.1) is 33.6 Å². The summed E-state index contributed by atoms with van der Waals surface area (Å²) in [5.74, 6) is -2.43. The van der Waals surface area contributed by atoms with Gasteiger partial charge in [0.2, 0.25) is 0 Å². The number of amides is 4. The number of nitrogens with one attached hydrogen (secondary N) is 2. The van der Waals surface area contributed by atoms with Crippen LogP contribution in [0.5, 0.6) is 0 Å². The zero-order valence-electron chi connectivity index (χ0n) is 27.9. The number of fused-ring (bicyclic) bond motifs is 2. The Hall–Kier alpha value is -6.56. The highest BCUT2D eigenvalue weighted by Crippen LogP contribution is 2.23. The molecule has 0 saturated carbocycles. The van der Waals surface area contributed by atoms with Gasteiger partial charge in [0.25, 0.3) is 23.6 Å². The monoisotopic (exact) mass is 696 g/mol. The first kappa shape index (κ1) is 35.3. The molecule has 0 aliphatic carbocycles. The number of nitrogens with zero attached hydrogens (tertiary/aromatic N) is 2. The number of Topliss-reactive ketones (excluding diaryl/α,β-unsaturated/α-hetero) is 4. The number of imide groups is 2. The molecule has 0 radical (unpaired) electrons. The molecule has 6 rings (SSSR count). The summed E-state index contributed by atoms with van der Waals surface area (Å²) in [7, 11) is 0. The fourth-order valence-electron chi connectivity index (χ4n) is 5.97. The van der Waals surface area contributed by atoms with Gasteiger partial charge in [-0.3, -0.25) is 49.0 Å². The van der Waals surface area contributed by atoms with Crippen molar-refractivity contribution in [1.82, 2.24) is 10.6 Å². The van der Waals surface area contributed by atoms with Crippen molar-refractivity contribution in [3.63, 3.8) is 0 Å². The molecule has 0 bridgehead atoms. The minimum atomic E-state index is -0.521. The maximum Gasteiger partial charge on any atom is 0.258 e. The van der Waals surface area contributed by atoms with Gasteiger partial charge < -0.3 is 0 Å². The van der Waals surface area contributed by atoms with Crippen LogP contribution < -0.4 is 10.6 Å². The highest BCUT2D eigenvalue weighted by Gasteiger charge is 2.28.